The molecule has 0 bridgehead atoms. The van der Waals surface area contributed by atoms with Gasteiger partial charge in [0.1, 0.15) is 0 Å². The van der Waals surface area contributed by atoms with Gasteiger partial charge in [0.05, 0.1) is 6.10 Å². The van der Waals surface area contributed by atoms with Gasteiger partial charge in [0.2, 0.25) is 5.91 Å². The van der Waals surface area contributed by atoms with E-state index in [0.29, 0.717) is 17.9 Å². The second kappa shape index (κ2) is 10.1. The molecule has 2 saturated heterocycles. The number of carbonyl (C=O) groups excluding carboxylic acids is 1. The molecule has 7 nitrogen and oxygen atoms in total. The normalized spacial score (nSPS) is 25.7. The molecule has 3 aliphatic rings. The second-order valence-corrected chi connectivity index (χ2v) is 7.66. The van der Waals surface area contributed by atoms with Crippen LogP contribution in [0.3, 0.4) is 0 Å². The van der Waals surface area contributed by atoms with Crippen molar-refractivity contribution in [3.8, 4) is 0 Å². The monoisotopic (exact) mass is 365 g/mol. The Morgan fingerprint density at radius 3 is 2.50 bits per heavy atom. The molecule has 3 rings (SSSR count). The molecule has 0 spiro atoms. The fourth-order valence-electron chi connectivity index (χ4n) is 4.19. The van der Waals surface area contributed by atoms with Crippen molar-refractivity contribution in [3.63, 3.8) is 0 Å². The first-order chi connectivity index (χ1) is 12.8. The number of guanidine groups is 1. The number of hydrogen-bond donors (Lipinski definition) is 2. The fourth-order valence-corrected chi connectivity index (χ4v) is 4.19. The van der Waals surface area contributed by atoms with Crippen LogP contribution in [0.2, 0.25) is 0 Å². The van der Waals surface area contributed by atoms with Crippen molar-refractivity contribution in [1.82, 2.24) is 20.4 Å². The van der Waals surface area contributed by atoms with Gasteiger partial charge in [-0.2, -0.15) is 0 Å². The lowest BCUT2D eigenvalue weighted by molar-refractivity contribution is -0.137. The molecule has 0 aromatic carbocycles. The smallest absolute Gasteiger partial charge is 0.225 e. The highest BCUT2D eigenvalue weighted by atomic mass is 16.5. The fraction of sp³-hybridized carbons (Fsp3) is 0.895. The number of carbonyl (C=O) groups is 1. The van der Waals surface area contributed by atoms with Crippen molar-refractivity contribution >= 4 is 11.9 Å². The van der Waals surface area contributed by atoms with Crippen LogP contribution in [0.4, 0.5) is 0 Å². The van der Waals surface area contributed by atoms with Gasteiger partial charge < -0.3 is 20.3 Å². The molecule has 1 atom stereocenters. The molecular formula is C19H35N5O2. The molecule has 1 unspecified atom stereocenters. The highest BCUT2D eigenvalue weighted by molar-refractivity contribution is 5.79. The average Bonchev–Trinajstić information content (AvgIpc) is 3.38. The van der Waals surface area contributed by atoms with Crippen molar-refractivity contribution in [1.29, 1.82) is 0 Å². The SMILES string of the molecule is CN=C(NCCN1CCN(C(=O)C2CCCC2)CC1)NCC1CCCO1. The van der Waals surface area contributed by atoms with Crippen LogP contribution in [-0.2, 0) is 9.53 Å². The van der Waals surface area contributed by atoms with Crippen LogP contribution in [0.25, 0.3) is 0 Å². The standard InChI is InChI=1S/C19H35N5O2/c1-20-19(22-15-17-7-4-14-26-17)21-8-9-23-10-12-24(13-11-23)18(25)16-5-2-3-6-16/h16-17H,2-15H2,1H3,(H2,20,21,22). The van der Waals surface area contributed by atoms with E-state index in [2.05, 4.69) is 25.4 Å². The van der Waals surface area contributed by atoms with Crippen LogP contribution in [0.5, 0.6) is 0 Å². The number of amides is 1. The number of rotatable bonds is 6. The van der Waals surface area contributed by atoms with E-state index in [4.69, 9.17) is 4.74 Å². The van der Waals surface area contributed by atoms with Gasteiger partial charge in [0.25, 0.3) is 0 Å². The minimum Gasteiger partial charge on any atom is -0.376 e. The number of piperazine rings is 1. The second-order valence-electron chi connectivity index (χ2n) is 7.66. The first kappa shape index (κ1) is 19.4. The van der Waals surface area contributed by atoms with E-state index < -0.39 is 0 Å². The summed E-state index contributed by atoms with van der Waals surface area (Å²) in [5.74, 6) is 1.55. The summed E-state index contributed by atoms with van der Waals surface area (Å²) in [6.07, 6.45) is 7.26. The van der Waals surface area contributed by atoms with Gasteiger partial charge in [-0.25, -0.2) is 0 Å². The molecule has 2 N–H and O–H groups in total. The van der Waals surface area contributed by atoms with Crippen LogP contribution in [0.15, 0.2) is 4.99 Å². The lowest BCUT2D eigenvalue weighted by Crippen LogP contribution is -2.52. The minimum atomic E-state index is 0.307. The van der Waals surface area contributed by atoms with Gasteiger partial charge in [-0.1, -0.05) is 12.8 Å². The van der Waals surface area contributed by atoms with E-state index >= 15 is 0 Å². The first-order valence-corrected chi connectivity index (χ1v) is 10.3. The van der Waals surface area contributed by atoms with Gasteiger partial charge in [-0.3, -0.25) is 14.7 Å². The Bertz CT molecular complexity index is 465. The number of ether oxygens (including phenoxy) is 1. The first-order valence-electron chi connectivity index (χ1n) is 10.3. The maximum atomic E-state index is 12.5. The molecular weight excluding hydrogens is 330 g/mol. The molecule has 2 aliphatic heterocycles. The Morgan fingerprint density at radius 2 is 1.85 bits per heavy atom. The molecule has 3 fully saturated rings. The molecule has 2 heterocycles. The van der Waals surface area contributed by atoms with E-state index in [9.17, 15) is 4.79 Å². The summed E-state index contributed by atoms with van der Waals surface area (Å²) < 4.78 is 5.63. The van der Waals surface area contributed by atoms with E-state index in [1.165, 1.54) is 12.8 Å². The maximum Gasteiger partial charge on any atom is 0.225 e. The number of nitrogens with zero attached hydrogens (tertiary/aromatic N) is 3. The third-order valence-electron chi connectivity index (χ3n) is 5.85. The quantitative estimate of drug-likeness (QED) is 0.535. The Labute approximate surface area is 157 Å². The predicted molar refractivity (Wildman–Crippen MR) is 103 cm³/mol. The lowest BCUT2D eigenvalue weighted by atomic mass is 10.1. The zero-order valence-electron chi connectivity index (χ0n) is 16.2. The Hall–Kier alpha value is -1.34. The zero-order valence-corrected chi connectivity index (χ0v) is 16.2. The summed E-state index contributed by atoms with van der Waals surface area (Å²) in [5.41, 5.74) is 0. The average molecular weight is 366 g/mol. The number of nitrogens with one attached hydrogen (secondary N) is 2. The molecule has 1 amide bonds. The van der Waals surface area contributed by atoms with E-state index in [-0.39, 0.29) is 0 Å². The van der Waals surface area contributed by atoms with Crippen molar-refractivity contribution in [3.05, 3.63) is 0 Å². The highest BCUT2D eigenvalue weighted by Crippen LogP contribution is 2.26. The van der Waals surface area contributed by atoms with Gasteiger partial charge in [-0.15, -0.1) is 0 Å². The molecule has 1 saturated carbocycles. The molecule has 7 heteroatoms. The van der Waals surface area contributed by atoms with E-state index in [1.807, 2.05) is 0 Å². The number of hydrogen-bond acceptors (Lipinski definition) is 4. The summed E-state index contributed by atoms with van der Waals surface area (Å²) in [5, 5.41) is 6.73. The molecule has 0 aromatic heterocycles. The third-order valence-corrected chi connectivity index (χ3v) is 5.85. The summed E-state index contributed by atoms with van der Waals surface area (Å²) in [6.45, 7) is 7.25. The summed E-state index contributed by atoms with van der Waals surface area (Å²) in [6, 6.07) is 0. The minimum absolute atomic E-state index is 0.307. The van der Waals surface area contributed by atoms with Crippen molar-refractivity contribution in [2.75, 3.05) is 59.5 Å². The van der Waals surface area contributed by atoms with Gasteiger partial charge in [-0.05, 0) is 25.7 Å². The van der Waals surface area contributed by atoms with Gasteiger partial charge in [0, 0.05) is 65.4 Å². The largest absolute Gasteiger partial charge is 0.376 e. The topological polar surface area (TPSA) is 69.2 Å². The molecule has 0 radical (unpaired) electrons. The van der Waals surface area contributed by atoms with Gasteiger partial charge >= 0.3 is 0 Å². The Kier molecular flexibility index (Phi) is 7.55. The highest BCUT2D eigenvalue weighted by Gasteiger charge is 2.29. The zero-order chi connectivity index (χ0) is 18.2. The van der Waals surface area contributed by atoms with Crippen molar-refractivity contribution in [2.45, 2.75) is 44.6 Å². The predicted octanol–water partition coefficient (Wildman–Crippen LogP) is 0.665. The molecule has 26 heavy (non-hydrogen) atoms. The molecule has 148 valence electrons. The van der Waals surface area contributed by atoms with Crippen LogP contribution < -0.4 is 10.6 Å². The molecule has 1 aliphatic carbocycles. The Balaban J connectivity index is 1.28. The van der Waals surface area contributed by atoms with Crippen LogP contribution >= 0.6 is 0 Å². The van der Waals surface area contributed by atoms with Crippen molar-refractivity contribution < 1.29 is 9.53 Å². The van der Waals surface area contributed by atoms with Crippen LogP contribution in [0, 0.1) is 5.92 Å². The molecule has 0 aromatic rings. The van der Waals surface area contributed by atoms with Crippen molar-refractivity contribution in [2.24, 2.45) is 10.9 Å². The number of aliphatic imine (C=N–C) groups is 1. The summed E-state index contributed by atoms with van der Waals surface area (Å²) >= 11 is 0. The summed E-state index contributed by atoms with van der Waals surface area (Å²) in [7, 11) is 1.80. The van der Waals surface area contributed by atoms with E-state index in [0.717, 1.165) is 84.1 Å². The van der Waals surface area contributed by atoms with Crippen LogP contribution in [-0.4, -0.2) is 87.2 Å². The van der Waals surface area contributed by atoms with Crippen LogP contribution in [0.1, 0.15) is 38.5 Å². The van der Waals surface area contributed by atoms with E-state index in [1.54, 1.807) is 7.05 Å². The summed E-state index contributed by atoms with van der Waals surface area (Å²) in [4.78, 5) is 21.3. The third kappa shape index (κ3) is 5.58. The lowest BCUT2D eigenvalue weighted by Gasteiger charge is -2.36. The maximum absolute atomic E-state index is 12.5. The Morgan fingerprint density at radius 1 is 1.08 bits per heavy atom. The van der Waals surface area contributed by atoms with Gasteiger partial charge in [0.15, 0.2) is 5.96 Å².